The van der Waals surface area contributed by atoms with Gasteiger partial charge in [-0.3, -0.25) is 4.79 Å². The average molecular weight is 368 g/mol. The Morgan fingerprint density at radius 3 is 2.58 bits per heavy atom. The highest BCUT2D eigenvalue weighted by Crippen LogP contribution is 2.33. The maximum absolute atomic E-state index is 13.0. The molecule has 4 rings (SSSR count). The van der Waals surface area contributed by atoms with Crippen LogP contribution in [0, 0.1) is 6.92 Å². The Bertz CT molecular complexity index is 996. The molecule has 0 N–H and O–H groups in total. The highest BCUT2D eigenvalue weighted by atomic mass is 32.1. The summed E-state index contributed by atoms with van der Waals surface area (Å²) < 4.78 is 11.8. The van der Waals surface area contributed by atoms with Crippen LogP contribution < -0.4 is 9.47 Å². The number of ether oxygens (including phenoxy) is 2. The molecule has 1 aliphatic heterocycles. The number of carbonyl (C=O) groups is 1. The molecule has 1 aromatic heterocycles. The van der Waals surface area contributed by atoms with E-state index in [0.717, 1.165) is 33.0 Å². The summed E-state index contributed by atoms with van der Waals surface area (Å²) in [7, 11) is 3.27. The zero-order valence-corrected chi connectivity index (χ0v) is 15.9. The summed E-state index contributed by atoms with van der Waals surface area (Å²) in [5.41, 5.74) is 3.98. The van der Waals surface area contributed by atoms with E-state index in [0.29, 0.717) is 24.4 Å². The van der Waals surface area contributed by atoms with Crippen molar-refractivity contribution in [1.82, 2.24) is 9.88 Å². The number of hydrogen-bond acceptors (Lipinski definition) is 5. The van der Waals surface area contributed by atoms with Crippen LogP contribution in [0.4, 0.5) is 0 Å². The molecule has 0 radical (unpaired) electrons. The maximum Gasteiger partial charge on any atom is 0.254 e. The van der Waals surface area contributed by atoms with E-state index in [2.05, 4.69) is 4.98 Å². The second-order valence-corrected chi connectivity index (χ2v) is 7.60. The van der Waals surface area contributed by atoms with Gasteiger partial charge in [-0.2, -0.15) is 0 Å². The van der Waals surface area contributed by atoms with Gasteiger partial charge in [-0.15, -0.1) is 11.3 Å². The number of carbonyl (C=O) groups excluding carboxylic acids is 1. The number of methoxy groups -OCH3 is 2. The van der Waals surface area contributed by atoms with Gasteiger partial charge < -0.3 is 14.4 Å². The lowest BCUT2D eigenvalue weighted by molar-refractivity contribution is 0.0734. The standard InChI is InChI=1S/C20H20N2O3S/c1-12-21-16-5-4-14(10-19(16)26-12)20(23)22-7-6-13-8-17(24-2)18(25-3)9-15(13)11-22/h4-5,8-10H,6-7,11H2,1-3H3. The van der Waals surface area contributed by atoms with Crippen molar-refractivity contribution >= 4 is 27.5 Å². The molecule has 0 unspecified atom stereocenters. The molecule has 5 nitrogen and oxygen atoms in total. The van der Waals surface area contributed by atoms with Gasteiger partial charge in [0.05, 0.1) is 29.4 Å². The van der Waals surface area contributed by atoms with Crippen LogP contribution in [0.25, 0.3) is 10.2 Å². The highest BCUT2D eigenvalue weighted by molar-refractivity contribution is 7.18. The molecule has 0 saturated carbocycles. The third-order valence-electron chi connectivity index (χ3n) is 4.75. The van der Waals surface area contributed by atoms with E-state index in [4.69, 9.17) is 9.47 Å². The van der Waals surface area contributed by atoms with Crippen molar-refractivity contribution in [2.45, 2.75) is 19.9 Å². The number of benzene rings is 2. The maximum atomic E-state index is 13.0. The fourth-order valence-electron chi connectivity index (χ4n) is 3.41. The number of aryl methyl sites for hydroxylation is 1. The molecule has 1 amide bonds. The zero-order chi connectivity index (χ0) is 18.3. The van der Waals surface area contributed by atoms with Gasteiger partial charge in [0.1, 0.15) is 0 Å². The summed E-state index contributed by atoms with van der Waals surface area (Å²) in [4.78, 5) is 19.3. The minimum Gasteiger partial charge on any atom is -0.493 e. The first kappa shape index (κ1) is 16.8. The number of hydrogen-bond donors (Lipinski definition) is 0. The van der Waals surface area contributed by atoms with Gasteiger partial charge in [0.25, 0.3) is 5.91 Å². The molecular weight excluding hydrogens is 348 g/mol. The predicted molar refractivity (Wildman–Crippen MR) is 102 cm³/mol. The van der Waals surface area contributed by atoms with E-state index in [9.17, 15) is 4.79 Å². The molecule has 0 bridgehead atoms. The lowest BCUT2D eigenvalue weighted by Crippen LogP contribution is -2.36. The minimum absolute atomic E-state index is 0.0541. The van der Waals surface area contributed by atoms with Crippen LogP contribution in [0.3, 0.4) is 0 Å². The molecule has 2 aromatic carbocycles. The Hall–Kier alpha value is -2.60. The number of thiazole rings is 1. The van der Waals surface area contributed by atoms with Crippen molar-refractivity contribution in [3.63, 3.8) is 0 Å². The van der Waals surface area contributed by atoms with E-state index >= 15 is 0 Å². The van der Waals surface area contributed by atoms with Crippen molar-refractivity contribution in [2.75, 3.05) is 20.8 Å². The van der Waals surface area contributed by atoms with Crippen LogP contribution in [-0.2, 0) is 13.0 Å². The first-order chi connectivity index (χ1) is 12.6. The summed E-state index contributed by atoms with van der Waals surface area (Å²) in [5, 5.41) is 1.01. The molecule has 1 aliphatic rings. The largest absolute Gasteiger partial charge is 0.493 e. The Balaban J connectivity index is 1.61. The van der Waals surface area contributed by atoms with E-state index in [-0.39, 0.29) is 5.91 Å². The van der Waals surface area contributed by atoms with Crippen molar-refractivity contribution < 1.29 is 14.3 Å². The molecule has 2 heterocycles. The van der Waals surface area contributed by atoms with Gasteiger partial charge in [0, 0.05) is 18.7 Å². The highest BCUT2D eigenvalue weighted by Gasteiger charge is 2.24. The lowest BCUT2D eigenvalue weighted by Gasteiger charge is -2.29. The van der Waals surface area contributed by atoms with E-state index < -0.39 is 0 Å². The first-order valence-electron chi connectivity index (χ1n) is 8.49. The van der Waals surface area contributed by atoms with E-state index in [1.807, 2.05) is 42.2 Å². The molecule has 6 heteroatoms. The third kappa shape index (κ3) is 2.90. The number of rotatable bonds is 3. The van der Waals surface area contributed by atoms with Crippen molar-refractivity contribution in [3.8, 4) is 11.5 Å². The summed E-state index contributed by atoms with van der Waals surface area (Å²) in [6, 6.07) is 9.74. The van der Waals surface area contributed by atoms with Gasteiger partial charge in [0.15, 0.2) is 11.5 Å². The lowest BCUT2D eigenvalue weighted by atomic mass is 9.98. The summed E-state index contributed by atoms with van der Waals surface area (Å²) >= 11 is 1.62. The Labute approximate surface area is 156 Å². The topological polar surface area (TPSA) is 51.7 Å². The molecule has 0 spiro atoms. The molecule has 0 aliphatic carbocycles. The Morgan fingerprint density at radius 1 is 1.12 bits per heavy atom. The predicted octanol–water partition coefficient (Wildman–Crippen LogP) is 3.82. The van der Waals surface area contributed by atoms with Gasteiger partial charge in [-0.05, 0) is 54.8 Å². The molecule has 0 atom stereocenters. The fraction of sp³-hybridized carbons (Fsp3) is 0.300. The monoisotopic (exact) mass is 368 g/mol. The smallest absolute Gasteiger partial charge is 0.254 e. The molecule has 26 heavy (non-hydrogen) atoms. The minimum atomic E-state index is 0.0541. The van der Waals surface area contributed by atoms with E-state index in [1.165, 1.54) is 5.56 Å². The normalized spacial score (nSPS) is 13.6. The molecule has 134 valence electrons. The average Bonchev–Trinajstić information content (AvgIpc) is 3.04. The first-order valence-corrected chi connectivity index (χ1v) is 9.31. The quantitative estimate of drug-likeness (QED) is 0.705. The number of nitrogens with zero attached hydrogens (tertiary/aromatic N) is 2. The van der Waals surface area contributed by atoms with Crippen LogP contribution in [-0.4, -0.2) is 36.6 Å². The van der Waals surface area contributed by atoms with Crippen LogP contribution in [0.2, 0.25) is 0 Å². The summed E-state index contributed by atoms with van der Waals surface area (Å²) in [6.07, 6.45) is 0.809. The van der Waals surface area contributed by atoms with Gasteiger partial charge in [-0.1, -0.05) is 0 Å². The van der Waals surface area contributed by atoms with Crippen LogP contribution in [0.5, 0.6) is 11.5 Å². The van der Waals surface area contributed by atoms with Crippen LogP contribution in [0.15, 0.2) is 30.3 Å². The van der Waals surface area contributed by atoms with Crippen molar-refractivity contribution in [3.05, 3.63) is 52.0 Å². The zero-order valence-electron chi connectivity index (χ0n) is 15.0. The van der Waals surface area contributed by atoms with Crippen LogP contribution >= 0.6 is 11.3 Å². The number of aromatic nitrogens is 1. The van der Waals surface area contributed by atoms with Gasteiger partial charge >= 0.3 is 0 Å². The second kappa shape index (κ2) is 6.61. The van der Waals surface area contributed by atoms with Gasteiger partial charge in [-0.25, -0.2) is 4.98 Å². The summed E-state index contributed by atoms with van der Waals surface area (Å²) in [6.45, 7) is 3.25. The SMILES string of the molecule is COc1cc2c(cc1OC)CN(C(=O)c1ccc3nc(C)sc3c1)CC2. The molecule has 0 fully saturated rings. The molecule has 0 saturated heterocycles. The number of amides is 1. The Morgan fingerprint density at radius 2 is 1.85 bits per heavy atom. The summed E-state index contributed by atoms with van der Waals surface area (Å²) in [5.74, 6) is 1.48. The third-order valence-corrected chi connectivity index (χ3v) is 5.68. The molecular formula is C20H20N2O3S. The second-order valence-electron chi connectivity index (χ2n) is 6.37. The van der Waals surface area contributed by atoms with Crippen molar-refractivity contribution in [1.29, 1.82) is 0 Å². The van der Waals surface area contributed by atoms with Crippen LogP contribution in [0.1, 0.15) is 26.5 Å². The Kier molecular flexibility index (Phi) is 4.28. The number of fused-ring (bicyclic) bond motifs is 2. The van der Waals surface area contributed by atoms with Gasteiger partial charge in [0.2, 0.25) is 0 Å². The molecule has 3 aromatic rings. The fourth-order valence-corrected chi connectivity index (χ4v) is 4.28. The van der Waals surface area contributed by atoms with Crippen molar-refractivity contribution in [2.24, 2.45) is 0 Å². The van der Waals surface area contributed by atoms with E-state index in [1.54, 1.807) is 25.6 Å².